The molecule has 28 heavy (non-hydrogen) atoms. The highest BCUT2D eigenvalue weighted by atomic mass is 35.5. The number of halogens is 1. The highest BCUT2D eigenvalue weighted by Gasteiger charge is 2.24. The summed E-state index contributed by atoms with van der Waals surface area (Å²) in [5, 5.41) is 3.25. The van der Waals surface area contributed by atoms with Gasteiger partial charge in [0, 0.05) is 29.4 Å². The van der Waals surface area contributed by atoms with Crippen LogP contribution in [0, 0.1) is 6.92 Å². The lowest BCUT2D eigenvalue weighted by atomic mass is 10.2. The van der Waals surface area contributed by atoms with Crippen LogP contribution in [0.4, 0.5) is 11.4 Å². The SMILES string of the molecule is Cc1c(Cl)cccc1NC(=O)[C@H](C)OC(=O)c1cccc(N2CCCC2=O)c1. The summed E-state index contributed by atoms with van der Waals surface area (Å²) in [4.78, 5) is 38.4. The van der Waals surface area contributed by atoms with E-state index < -0.39 is 18.0 Å². The zero-order valence-electron chi connectivity index (χ0n) is 15.7. The van der Waals surface area contributed by atoms with Crippen LogP contribution in [0.3, 0.4) is 0 Å². The summed E-state index contributed by atoms with van der Waals surface area (Å²) in [5.74, 6) is -1.04. The number of hydrogen-bond donors (Lipinski definition) is 1. The molecule has 0 spiro atoms. The third-order valence-corrected chi connectivity index (χ3v) is 5.06. The molecule has 2 amide bonds. The fraction of sp³-hybridized carbons (Fsp3) is 0.286. The molecule has 0 bridgehead atoms. The predicted octanol–water partition coefficient (Wildman–Crippen LogP) is 3.96. The Kier molecular flexibility index (Phi) is 5.99. The lowest BCUT2D eigenvalue weighted by Gasteiger charge is -2.17. The molecule has 3 rings (SSSR count). The number of rotatable bonds is 5. The Morgan fingerprint density at radius 3 is 2.68 bits per heavy atom. The lowest BCUT2D eigenvalue weighted by Crippen LogP contribution is -2.30. The van der Waals surface area contributed by atoms with Gasteiger partial charge in [0.05, 0.1) is 5.56 Å². The molecule has 1 saturated heterocycles. The summed E-state index contributed by atoms with van der Waals surface area (Å²) in [5.41, 5.74) is 2.24. The van der Waals surface area contributed by atoms with Gasteiger partial charge in [0.15, 0.2) is 6.10 Å². The van der Waals surface area contributed by atoms with E-state index in [-0.39, 0.29) is 11.5 Å². The zero-order chi connectivity index (χ0) is 20.3. The van der Waals surface area contributed by atoms with E-state index in [9.17, 15) is 14.4 Å². The summed E-state index contributed by atoms with van der Waals surface area (Å²) < 4.78 is 5.30. The number of carbonyl (C=O) groups is 3. The molecule has 1 aliphatic heterocycles. The zero-order valence-corrected chi connectivity index (χ0v) is 16.5. The number of anilines is 2. The number of nitrogens with zero attached hydrogens (tertiary/aromatic N) is 1. The van der Waals surface area contributed by atoms with E-state index in [1.165, 1.54) is 6.92 Å². The summed E-state index contributed by atoms with van der Waals surface area (Å²) >= 11 is 6.06. The molecule has 0 saturated carbocycles. The van der Waals surface area contributed by atoms with Crippen molar-refractivity contribution in [3.8, 4) is 0 Å². The van der Waals surface area contributed by atoms with Crippen LogP contribution >= 0.6 is 11.6 Å². The maximum atomic E-state index is 12.5. The normalized spacial score (nSPS) is 14.7. The molecular formula is C21H21ClN2O4. The van der Waals surface area contributed by atoms with Crippen LogP contribution in [0.15, 0.2) is 42.5 Å². The highest BCUT2D eigenvalue weighted by molar-refractivity contribution is 6.31. The topological polar surface area (TPSA) is 75.7 Å². The Morgan fingerprint density at radius 2 is 1.96 bits per heavy atom. The molecule has 1 aliphatic rings. The molecular weight excluding hydrogens is 380 g/mol. The van der Waals surface area contributed by atoms with E-state index in [0.717, 1.165) is 12.0 Å². The van der Waals surface area contributed by atoms with Gasteiger partial charge in [-0.05, 0) is 56.2 Å². The van der Waals surface area contributed by atoms with E-state index in [2.05, 4.69) is 5.32 Å². The summed E-state index contributed by atoms with van der Waals surface area (Å²) in [6, 6.07) is 11.9. The van der Waals surface area contributed by atoms with Crippen LogP contribution < -0.4 is 10.2 Å². The van der Waals surface area contributed by atoms with E-state index in [1.54, 1.807) is 54.3 Å². The van der Waals surface area contributed by atoms with Gasteiger partial charge >= 0.3 is 5.97 Å². The number of amides is 2. The Morgan fingerprint density at radius 1 is 1.21 bits per heavy atom. The molecule has 146 valence electrons. The molecule has 1 fully saturated rings. The molecule has 2 aromatic carbocycles. The third-order valence-electron chi connectivity index (χ3n) is 4.65. The second-order valence-electron chi connectivity index (χ2n) is 6.65. The van der Waals surface area contributed by atoms with Gasteiger partial charge in [-0.15, -0.1) is 0 Å². The van der Waals surface area contributed by atoms with Gasteiger partial charge < -0.3 is 15.0 Å². The summed E-state index contributed by atoms with van der Waals surface area (Å²) in [6.45, 7) is 3.93. The number of carbonyl (C=O) groups excluding carboxylic acids is 3. The van der Waals surface area contributed by atoms with Crippen molar-refractivity contribution in [2.24, 2.45) is 0 Å². The largest absolute Gasteiger partial charge is 0.449 e. The predicted molar refractivity (Wildman–Crippen MR) is 108 cm³/mol. The molecule has 1 atom stereocenters. The maximum absolute atomic E-state index is 12.5. The van der Waals surface area contributed by atoms with Crippen molar-refractivity contribution in [3.63, 3.8) is 0 Å². The standard InChI is InChI=1S/C21H21ClN2O4/c1-13-17(22)8-4-9-18(13)23-20(26)14(2)28-21(27)15-6-3-7-16(12-15)24-11-5-10-19(24)25/h3-4,6-9,12,14H,5,10-11H2,1-2H3,(H,23,26)/t14-/m0/s1. The van der Waals surface area contributed by atoms with Gasteiger partial charge in [0.25, 0.3) is 5.91 Å². The molecule has 0 radical (unpaired) electrons. The van der Waals surface area contributed by atoms with Gasteiger partial charge in [0.1, 0.15) is 0 Å². The number of ether oxygens (including phenoxy) is 1. The second kappa shape index (κ2) is 8.44. The quantitative estimate of drug-likeness (QED) is 0.771. The second-order valence-corrected chi connectivity index (χ2v) is 7.06. The van der Waals surface area contributed by atoms with Crippen molar-refractivity contribution in [1.29, 1.82) is 0 Å². The molecule has 0 unspecified atom stereocenters. The Labute approximate surface area is 168 Å². The first-order valence-electron chi connectivity index (χ1n) is 9.04. The summed E-state index contributed by atoms with van der Waals surface area (Å²) in [7, 11) is 0. The molecule has 7 heteroatoms. The van der Waals surface area contributed by atoms with Crippen LogP contribution in [0.25, 0.3) is 0 Å². The smallest absolute Gasteiger partial charge is 0.338 e. The van der Waals surface area contributed by atoms with Gasteiger partial charge in [-0.3, -0.25) is 9.59 Å². The van der Waals surface area contributed by atoms with Gasteiger partial charge in [-0.2, -0.15) is 0 Å². The molecule has 1 N–H and O–H groups in total. The first-order valence-corrected chi connectivity index (χ1v) is 9.42. The van der Waals surface area contributed by atoms with Crippen molar-refractivity contribution in [2.75, 3.05) is 16.8 Å². The third kappa shape index (κ3) is 4.34. The van der Waals surface area contributed by atoms with Crippen LogP contribution in [0.5, 0.6) is 0 Å². The first kappa shape index (κ1) is 19.9. The number of hydrogen-bond acceptors (Lipinski definition) is 4. The van der Waals surface area contributed by atoms with E-state index in [4.69, 9.17) is 16.3 Å². The van der Waals surface area contributed by atoms with E-state index in [1.807, 2.05) is 0 Å². The fourth-order valence-electron chi connectivity index (χ4n) is 2.98. The fourth-order valence-corrected chi connectivity index (χ4v) is 3.16. The molecule has 0 aliphatic carbocycles. The molecule has 2 aromatic rings. The summed E-state index contributed by atoms with van der Waals surface area (Å²) in [6.07, 6.45) is 0.311. The number of nitrogens with one attached hydrogen (secondary N) is 1. The van der Waals surface area contributed by atoms with Gasteiger partial charge in [-0.1, -0.05) is 23.7 Å². The minimum atomic E-state index is -0.997. The van der Waals surface area contributed by atoms with E-state index >= 15 is 0 Å². The van der Waals surface area contributed by atoms with Crippen molar-refractivity contribution in [3.05, 3.63) is 58.6 Å². The average Bonchev–Trinajstić information content (AvgIpc) is 3.11. The van der Waals surface area contributed by atoms with Crippen molar-refractivity contribution < 1.29 is 19.1 Å². The van der Waals surface area contributed by atoms with Gasteiger partial charge in [-0.25, -0.2) is 4.79 Å². The average molecular weight is 401 g/mol. The minimum Gasteiger partial charge on any atom is -0.449 e. The Bertz CT molecular complexity index is 928. The van der Waals surface area contributed by atoms with Crippen LogP contribution in [0.1, 0.15) is 35.7 Å². The monoisotopic (exact) mass is 400 g/mol. The first-order chi connectivity index (χ1) is 13.4. The minimum absolute atomic E-state index is 0.0372. The van der Waals surface area contributed by atoms with Crippen LogP contribution in [-0.4, -0.2) is 30.4 Å². The Balaban J connectivity index is 1.66. The molecule has 6 nitrogen and oxygen atoms in total. The van der Waals surface area contributed by atoms with Crippen molar-refractivity contribution >= 4 is 40.8 Å². The lowest BCUT2D eigenvalue weighted by molar-refractivity contribution is -0.123. The van der Waals surface area contributed by atoms with Crippen molar-refractivity contribution in [1.82, 2.24) is 0 Å². The number of benzene rings is 2. The highest BCUT2D eigenvalue weighted by Crippen LogP contribution is 2.24. The number of esters is 1. The van der Waals surface area contributed by atoms with Crippen molar-refractivity contribution in [2.45, 2.75) is 32.8 Å². The Hall–Kier alpha value is -2.86. The van der Waals surface area contributed by atoms with Gasteiger partial charge in [0.2, 0.25) is 5.91 Å². The maximum Gasteiger partial charge on any atom is 0.338 e. The molecule has 1 heterocycles. The molecule has 0 aromatic heterocycles. The van der Waals surface area contributed by atoms with Crippen LogP contribution in [0.2, 0.25) is 5.02 Å². The van der Waals surface area contributed by atoms with Crippen LogP contribution in [-0.2, 0) is 14.3 Å². The van der Waals surface area contributed by atoms with E-state index in [0.29, 0.717) is 29.4 Å².